The van der Waals surface area contributed by atoms with Crippen LogP contribution in [-0.2, 0) is 11.2 Å². The summed E-state index contributed by atoms with van der Waals surface area (Å²) in [5, 5.41) is 3.19. The first-order chi connectivity index (χ1) is 14.0. The van der Waals surface area contributed by atoms with Gasteiger partial charge in [-0.25, -0.2) is 4.39 Å². The van der Waals surface area contributed by atoms with E-state index in [0.717, 1.165) is 5.56 Å². The second-order valence-electron chi connectivity index (χ2n) is 6.36. The third-order valence-corrected chi connectivity index (χ3v) is 4.72. The van der Waals surface area contributed by atoms with E-state index in [4.69, 9.17) is 21.7 Å². The van der Waals surface area contributed by atoms with Gasteiger partial charge in [0, 0.05) is 12.1 Å². The molecule has 1 aliphatic heterocycles. The van der Waals surface area contributed by atoms with Crippen molar-refractivity contribution in [3.8, 4) is 11.5 Å². The molecule has 1 aliphatic rings. The summed E-state index contributed by atoms with van der Waals surface area (Å²) in [7, 11) is 0. The molecule has 1 fully saturated rings. The Labute approximate surface area is 175 Å². The number of nitrogens with zero attached hydrogens (tertiary/aromatic N) is 1. The minimum Gasteiger partial charge on any atom is -0.490 e. The second-order valence-corrected chi connectivity index (χ2v) is 6.75. The number of benzene rings is 2. The molecule has 0 atom stereocenters. The van der Waals surface area contributed by atoms with Crippen molar-refractivity contribution in [3.63, 3.8) is 0 Å². The van der Waals surface area contributed by atoms with Crippen molar-refractivity contribution >= 4 is 29.3 Å². The van der Waals surface area contributed by atoms with Crippen molar-refractivity contribution in [3.05, 3.63) is 65.1 Å². The van der Waals surface area contributed by atoms with Crippen LogP contribution in [0.25, 0.3) is 6.08 Å². The fourth-order valence-corrected chi connectivity index (χ4v) is 3.30. The lowest BCUT2D eigenvalue weighted by Gasteiger charge is -2.15. The number of rotatable bonds is 8. The van der Waals surface area contributed by atoms with E-state index in [1.54, 1.807) is 18.2 Å². The van der Waals surface area contributed by atoms with E-state index in [-0.39, 0.29) is 11.6 Å². The Balaban J connectivity index is 1.71. The van der Waals surface area contributed by atoms with Gasteiger partial charge in [0.15, 0.2) is 16.6 Å². The predicted molar refractivity (Wildman–Crippen MR) is 114 cm³/mol. The SMILES string of the molecule is CCOc1ccc(CCN2C(=O)/C(=C\c3ccccc3F)NC2=S)cc1OCC. The first kappa shape index (κ1) is 20.8. The molecule has 0 aliphatic carbocycles. The van der Waals surface area contributed by atoms with Crippen LogP contribution in [0.2, 0.25) is 0 Å². The zero-order valence-corrected chi connectivity index (χ0v) is 17.2. The summed E-state index contributed by atoms with van der Waals surface area (Å²) in [4.78, 5) is 14.2. The Morgan fingerprint density at radius 1 is 1.10 bits per heavy atom. The van der Waals surface area contributed by atoms with E-state index in [1.165, 1.54) is 17.0 Å². The molecular formula is C22H23FN2O3S. The van der Waals surface area contributed by atoms with Crippen molar-refractivity contribution < 1.29 is 18.7 Å². The highest BCUT2D eigenvalue weighted by atomic mass is 32.1. The molecule has 152 valence electrons. The second kappa shape index (κ2) is 9.52. The number of hydrogen-bond donors (Lipinski definition) is 1. The van der Waals surface area contributed by atoms with Crippen LogP contribution >= 0.6 is 12.2 Å². The molecule has 1 N–H and O–H groups in total. The fraction of sp³-hybridized carbons (Fsp3) is 0.273. The van der Waals surface area contributed by atoms with Crippen molar-refractivity contribution in [2.75, 3.05) is 19.8 Å². The molecule has 1 saturated heterocycles. The van der Waals surface area contributed by atoms with Crippen LogP contribution in [0.3, 0.4) is 0 Å². The summed E-state index contributed by atoms with van der Waals surface area (Å²) in [5.74, 6) is 0.717. The number of amides is 1. The van der Waals surface area contributed by atoms with Gasteiger partial charge in [-0.2, -0.15) is 0 Å². The standard InChI is InChI=1S/C22H23FN2O3S/c1-3-27-19-10-9-15(13-20(19)28-4-2)11-12-25-21(26)18(24-22(25)29)14-16-7-5-6-8-17(16)23/h5-10,13-14H,3-4,11-12H2,1-2H3,(H,24,29)/b18-14+. The van der Waals surface area contributed by atoms with Gasteiger partial charge in [-0.05, 0) is 62.3 Å². The normalized spacial score (nSPS) is 15.0. The maximum atomic E-state index is 13.9. The summed E-state index contributed by atoms with van der Waals surface area (Å²) >= 11 is 5.30. The van der Waals surface area contributed by atoms with Gasteiger partial charge >= 0.3 is 0 Å². The number of carbonyl (C=O) groups excluding carboxylic acids is 1. The molecule has 0 unspecified atom stereocenters. The quantitative estimate of drug-likeness (QED) is 0.524. The van der Waals surface area contributed by atoms with Crippen molar-refractivity contribution in [2.45, 2.75) is 20.3 Å². The van der Waals surface area contributed by atoms with E-state index < -0.39 is 5.82 Å². The van der Waals surface area contributed by atoms with Crippen LogP contribution in [-0.4, -0.2) is 35.7 Å². The van der Waals surface area contributed by atoms with Gasteiger partial charge < -0.3 is 14.8 Å². The summed E-state index contributed by atoms with van der Waals surface area (Å²) in [6.45, 7) is 5.33. The molecule has 0 aromatic heterocycles. The minimum atomic E-state index is -0.392. The van der Waals surface area contributed by atoms with Crippen molar-refractivity contribution in [1.29, 1.82) is 0 Å². The van der Waals surface area contributed by atoms with Crippen LogP contribution in [0.1, 0.15) is 25.0 Å². The summed E-state index contributed by atoms with van der Waals surface area (Å²) < 4.78 is 25.1. The Morgan fingerprint density at radius 2 is 1.83 bits per heavy atom. The molecule has 1 amide bonds. The Kier molecular flexibility index (Phi) is 6.82. The minimum absolute atomic E-state index is 0.266. The number of halogens is 1. The maximum Gasteiger partial charge on any atom is 0.276 e. The van der Waals surface area contributed by atoms with Gasteiger partial charge in [-0.15, -0.1) is 0 Å². The van der Waals surface area contributed by atoms with Crippen LogP contribution in [0.5, 0.6) is 11.5 Å². The maximum absolute atomic E-state index is 13.9. The summed E-state index contributed by atoms with van der Waals surface area (Å²) in [6, 6.07) is 12.0. The average Bonchev–Trinajstić information content (AvgIpc) is 2.97. The molecule has 0 saturated carbocycles. The molecule has 1 heterocycles. The molecule has 5 nitrogen and oxygen atoms in total. The molecule has 0 radical (unpaired) electrons. The summed E-state index contributed by atoms with van der Waals surface area (Å²) in [6.07, 6.45) is 2.07. The van der Waals surface area contributed by atoms with Crippen LogP contribution in [0, 0.1) is 5.82 Å². The highest BCUT2D eigenvalue weighted by Crippen LogP contribution is 2.29. The van der Waals surface area contributed by atoms with E-state index in [1.807, 2.05) is 32.0 Å². The number of carbonyl (C=O) groups is 1. The third kappa shape index (κ3) is 4.92. The molecule has 2 aromatic rings. The zero-order valence-electron chi connectivity index (χ0n) is 16.4. The van der Waals surface area contributed by atoms with Gasteiger partial charge in [0.2, 0.25) is 0 Å². The first-order valence-corrected chi connectivity index (χ1v) is 9.92. The molecule has 3 rings (SSSR count). The molecular weight excluding hydrogens is 391 g/mol. The van der Waals surface area contributed by atoms with E-state index in [2.05, 4.69) is 5.32 Å². The van der Waals surface area contributed by atoms with Gasteiger partial charge in [-0.3, -0.25) is 9.69 Å². The average molecular weight is 415 g/mol. The van der Waals surface area contributed by atoms with Crippen LogP contribution < -0.4 is 14.8 Å². The van der Waals surface area contributed by atoms with Crippen LogP contribution in [0.15, 0.2) is 48.2 Å². The smallest absolute Gasteiger partial charge is 0.276 e. The lowest BCUT2D eigenvalue weighted by Crippen LogP contribution is -2.32. The fourth-order valence-electron chi connectivity index (χ4n) is 3.01. The number of thiocarbonyl (C=S) groups is 1. The highest BCUT2D eigenvalue weighted by Gasteiger charge is 2.30. The highest BCUT2D eigenvalue weighted by molar-refractivity contribution is 7.80. The number of ether oxygens (including phenoxy) is 2. The van der Waals surface area contributed by atoms with E-state index >= 15 is 0 Å². The van der Waals surface area contributed by atoms with Crippen molar-refractivity contribution in [2.24, 2.45) is 0 Å². The summed E-state index contributed by atoms with van der Waals surface area (Å²) in [5.41, 5.74) is 1.60. The van der Waals surface area contributed by atoms with Gasteiger partial charge in [0.25, 0.3) is 5.91 Å². The molecule has 7 heteroatoms. The third-order valence-electron chi connectivity index (χ3n) is 4.40. The first-order valence-electron chi connectivity index (χ1n) is 9.51. The van der Waals surface area contributed by atoms with E-state index in [9.17, 15) is 9.18 Å². The molecule has 0 bridgehead atoms. The van der Waals surface area contributed by atoms with Crippen LogP contribution in [0.4, 0.5) is 4.39 Å². The molecule has 0 spiro atoms. The Bertz CT molecular complexity index is 945. The topological polar surface area (TPSA) is 50.8 Å². The lowest BCUT2D eigenvalue weighted by molar-refractivity contribution is -0.122. The Morgan fingerprint density at radius 3 is 2.55 bits per heavy atom. The Hall–Kier alpha value is -2.93. The van der Waals surface area contributed by atoms with Gasteiger partial charge in [0.05, 0.1) is 13.2 Å². The molecule has 2 aromatic carbocycles. The van der Waals surface area contributed by atoms with Gasteiger partial charge in [0.1, 0.15) is 11.5 Å². The molecule has 29 heavy (non-hydrogen) atoms. The number of nitrogens with one attached hydrogen (secondary N) is 1. The largest absolute Gasteiger partial charge is 0.490 e. The number of hydrogen-bond acceptors (Lipinski definition) is 4. The van der Waals surface area contributed by atoms with Gasteiger partial charge in [-0.1, -0.05) is 24.3 Å². The monoisotopic (exact) mass is 414 g/mol. The zero-order chi connectivity index (χ0) is 20.8. The predicted octanol–water partition coefficient (Wildman–Crippen LogP) is 3.92. The van der Waals surface area contributed by atoms with E-state index in [0.29, 0.717) is 48.4 Å². The lowest BCUT2D eigenvalue weighted by atomic mass is 10.1. The van der Waals surface area contributed by atoms with Crippen molar-refractivity contribution in [1.82, 2.24) is 10.2 Å².